The minimum atomic E-state index is -0.453. The molecule has 0 aliphatic carbocycles. The molecule has 1 fully saturated rings. The van der Waals surface area contributed by atoms with Crippen molar-refractivity contribution in [1.29, 1.82) is 0 Å². The van der Waals surface area contributed by atoms with Crippen LogP contribution in [0.5, 0.6) is 11.5 Å². The van der Waals surface area contributed by atoms with Gasteiger partial charge in [0.25, 0.3) is 11.8 Å². The fourth-order valence-corrected chi connectivity index (χ4v) is 3.57. The zero-order valence-electron chi connectivity index (χ0n) is 18.0. The Morgan fingerprint density at radius 2 is 1.25 bits per heavy atom. The van der Waals surface area contributed by atoms with Gasteiger partial charge in [-0.1, -0.05) is 47.5 Å². The summed E-state index contributed by atoms with van der Waals surface area (Å²) in [6, 6.07) is 22.4. The molecule has 0 N–H and O–H groups in total. The maximum Gasteiger partial charge on any atom is 0.270 e. The van der Waals surface area contributed by atoms with Crippen LogP contribution in [0.4, 0.5) is 5.69 Å². The third-order valence-electron chi connectivity index (χ3n) is 5.19. The number of likely N-dealkylation sites (N-methyl/N-ethyl adjacent to an activating group) is 1. The maximum atomic E-state index is 13.3. The summed E-state index contributed by atoms with van der Waals surface area (Å²) in [6.45, 7) is 3.99. The van der Waals surface area contributed by atoms with Crippen molar-refractivity contribution in [2.75, 3.05) is 11.9 Å². The zero-order chi connectivity index (χ0) is 22.8. The van der Waals surface area contributed by atoms with Crippen molar-refractivity contribution < 1.29 is 14.3 Å². The van der Waals surface area contributed by atoms with Gasteiger partial charge in [0.15, 0.2) is 5.11 Å². The fraction of sp³-hybridized carbons (Fsp3) is 0.115. The second kappa shape index (κ2) is 8.77. The normalized spacial score (nSPS) is 15.5. The lowest BCUT2D eigenvalue weighted by atomic mass is 10.1. The smallest absolute Gasteiger partial charge is 0.270 e. The number of thiocarbonyl (C=S) groups is 1. The van der Waals surface area contributed by atoms with E-state index in [0.29, 0.717) is 11.4 Å². The van der Waals surface area contributed by atoms with Gasteiger partial charge in [0.1, 0.15) is 17.1 Å². The third kappa shape index (κ3) is 4.31. The van der Waals surface area contributed by atoms with Crippen LogP contribution in [0.1, 0.15) is 16.7 Å². The molecule has 5 nitrogen and oxygen atoms in total. The average molecular weight is 443 g/mol. The highest BCUT2D eigenvalue weighted by Crippen LogP contribution is 2.29. The monoisotopic (exact) mass is 442 g/mol. The molecule has 0 saturated carbocycles. The van der Waals surface area contributed by atoms with E-state index in [1.807, 2.05) is 62.4 Å². The van der Waals surface area contributed by atoms with Crippen molar-refractivity contribution in [2.45, 2.75) is 13.8 Å². The molecule has 160 valence electrons. The first kappa shape index (κ1) is 21.5. The summed E-state index contributed by atoms with van der Waals surface area (Å²) in [5.41, 5.74) is 3.64. The van der Waals surface area contributed by atoms with E-state index in [9.17, 15) is 9.59 Å². The van der Waals surface area contributed by atoms with Crippen LogP contribution in [0.2, 0.25) is 0 Å². The van der Waals surface area contributed by atoms with Crippen LogP contribution in [-0.2, 0) is 9.59 Å². The molecule has 2 amide bonds. The SMILES string of the molecule is Cc1ccc(/C=C2\C(=O)N(C)C(=S)N(c3ccc(Oc4ccc(C)cc4)cc3)C2=O)cc1. The Balaban J connectivity index is 1.62. The van der Waals surface area contributed by atoms with Crippen molar-refractivity contribution in [3.63, 3.8) is 0 Å². The molecule has 0 spiro atoms. The molecule has 1 aliphatic heterocycles. The van der Waals surface area contributed by atoms with Crippen LogP contribution in [0.15, 0.2) is 78.4 Å². The largest absolute Gasteiger partial charge is 0.457 e. The van der Waals surface area contributed by atoms with Crippen LogP contribution in [-0.4, -0.2) is 28.9 Å². The molecule has 0 radical (unpaired) electrons. The van der Waals surface area contributed by atoms with Gasteiger partial charge in [-0.3, -0.25) is 19.4 Å². The van der Waals surface area contributed by atoms with Gasteiger partial charge in [-0.25, -0.2) is 0 Å². The topological polar surface area (TPSA) is 49.9 Å². The number of hydrogen-bond acceptors (Lipinski definition) is 4. The molecular weight excluding hydrogens is 420 g/mol. The number of carbonyl (C=O) groups excluding carboxylic acids is 2. The summed E-state index contributed by atoms with van der Waals surface area (Å²) < 4.78 is 5.87. The average Bonchev–Trinajstić information content (AvgIpc) is 2.79. The molecule has 3 aromatic rings. The molecule has 1 heterocycles. The minimum Gasteiger partial charge on any atom is -0.457 e. The van der Waals surface area contributed by atoms with Gasteiger partial charge < -0.3 is 4.74 Å². The molecule has 1 saturated heterocycles. The molecule has 0 atom stereocenters. The summed E-state index contributed by atoms with van der Waals surface area (Å²) in [5, 5.41) is 0.133. The summed E-state index contributed by atoms with van der Waals surface area (Å²) in [5.74, 6) is 0.483. The van der Waals surface area contributed by atoms with Crippen molar-refractivity contribution in [3.8, 4) is 11.5 Å². The van der Waals surface area contributed by atoms with E-state index in [-0.39, 0.29) is 10.7 Å². The van der Waals surface area contributed by atoms with Crippen LogP contribution >= 0.6 is 12.2 Å². The van der Waals surface area contributed by atoms with E-state index < -0.39 is 11.8 Å². The lowest BCUT2D eigenvalue weighted by Crippen LogP contribution is -2.54. The predicted molar refractivity (Wildman–Crippen MR) is 130 cm³/mol. The molecule has 0 bridgehead atoms. The van der Waals surface area contributed by atoms with E-state index >= 15 is 0 Å². The quantitative estimate of drug-likeness (QED) is 0.314. The molecule has 6 heteroatoms. The number of nitrogens with zero attached hydrogens (tertiary/aromatic N) is 2. The van der Waals surface area contributed by atoms with Gasteiger partial charge >= 0.3 is 0 Å². The number of aryl methyl sites for hydroxylation is 2. The Morgan fingerprint density at radius 1 is 0.750 bits per heavy atom. The van der Waals surface area contributed by atoms with Crippen LogP contribution in [0, 0.1) is 13.8 Å². The van der Waals surface area contributed by atoms with Gasteiger partial charge in [0, 0.05) is 7.05 Å². The van der Waals surface area contributed by atoms with Crippen LogP contribution < -0.4 is 9.64 Å². The van der Waals surface area contributed by atoms with Crippen molar-refractivity contribution >= 4 is 40.9 Å². The third-order valence-corrected chi connectivity index (χ3v) is 5.64. The highest BCUT2D eigenvalue weighted by atomic mass is 32.1. The van der Waals surface area contributed by atoms with E-state index in [4.69, 9.17) is 17.0 Å². The second-order valence-corrected chi connectivity index (χ2v) is 8.03. The second-order valence-electron chi connectivity index (χ2n) is 7.67. The number of anilines is 1. The van der Waals surface area contributed by atoms with E-state index in [2.05, 4.69) is 0 Å². The molecular formula is C26H22N2O3S. The number of hydrogen-bond donors (Lipinski definition) is 0. The summed E-state index contributed by atoms with van der Waals surface area (Å²) in [6.07, 6.45) is 1.60. The Morgan fingerprint density at radius 3 is 1.81 bits per heavy atom. The molecule has 3 aromatic carbocycles. The first-order chi connectivity index (χ1) is 15.3. The van der Waals surface area contributed by atoms with Gasteiger partial charge in [0.05, 0.1) is 5.69 Å². The fourth-order valence-electron chi connectivity index (χ4n) is 3.30. The first-order valence-corrected chi connectivity index (χ1v) is 10.5. The Hall–Kier alpha value is -3.77. The van der Waals surface area contributed by atoms with Crippen LogP contribution in [0.25, 0.3) is 6.08 Å². The van der Waals surface area contributed by atoms with Gasteiger partial charge in [-0.05, 0) is 74.1 Å². The molecule has 0 aromatic heterocycles. The van der Waals surface area contributed by atoms with Crippen molar-refractivity contribution in [3.05, 3.63) is 95.1 Å². The number of ether oxygens (including phenoxy) is 1. The summed E-state index contributed by atoms with van der Waals surface area (Å²) in [7, 11) is 1.57. The van der Waals surface area contributed by atoms with E-state index in [0.717, 1.165) is 22.4 Å². The number of amides is 2. The maximum absolute atomic E-state index is 13.3. The Kier molecular flexibility index (Phi) is 5.88. The predicted octanol–water partition coefficient (Wildman–Crippen LogP) is 5.27. The molecule has 4 rings (SSSR count). The van der Waals surface area contributed by atoms with Gasteiger partial charge in [0.2, 0.25) is 0 Å². The lowest BCUT2D eigenvalue weighted by molar-refractivity contribution is -0.127. The van der Waals surface area contributed by atoms with E-state index in [1.54, 1.807) is 37.4 Å². The number of carbonyl (C=O) groups is 2. The minimum absolute atomic E-state index is 0.0601. The van der Waals surface area contributed by atoms with Gasteiger partial charge in [-0.15, -0.1) is 0 Å². The number of benzene rings is 3. The molecule has 0 unspecified atom stereocenters. The zero-order valence-corrected chi connectivity index (χ0v) is 18.8. The summed E-state index contributed by atoms with van der Waals surface area (Å²) in [4.78, 5) is 28.7. The molecule has 32 heavy (non-hydrogen) atoms. The van der Waals surface area contributed by atoms with Crippen molar-refractivity contribution in [1.82, 2.24) is 4.90 Å². The van der Waals surface area contributed by atoms with Crippen LogP contribution in [0.3, 0.4) is 0 Å². The first-order valence-electron chi connectivity index (χ1n) is 10.1. The Bertz CT molecular complexity index is 1210. The standard InChI is InChI=1S/C26H22N2O3S/c1-17-4-8-19(9-5-17)16-23-24(29)27(3)26(32)28(25(23)30)20-10-14-22(15-11-20)31-21-12-6-18(2)7-13-21/h4-16H,1-3H3/b23-16+. The van der Waals surface area contributed by atoms with Gasteiger partial charge in [-0.2, -0.15) is 0 Å². The number of rotatable bonds is 4. The van der Waals surface area contributed by atoms with E-state index in [1.165, 1.54) is 9.80 Å². The lowest BCUT2D eigenvalue weighted by Gasteiger charge is -2.34. The van der Waals surface area contributed by atoms with Crippen molar-refractivity contribution in [2.24, 2.45) is 0 Å². The summed E-state index contributed by atoms with van der Waals surface area (Å²) >= 11 is 5.42. The highest BCUT2D eigenvalue weighted by Gasteiger charge is 2.38. The Labute approximate surface area is 192 Å². The highest BCUT2D eigenvalue weighted by molar-refractivity contribution is 7.80. The molecule has 1 aliphatic rings.